The number of hydrogen-bond acceptors (Lipinski definition) is 9. The van der Waals surface area contributed by atoms with E-state index in [1.807, 2.05) is 37.1 Å². The van der Waals surface area contributed by atoms with E-state index in [9.17, 15) is 14.4 Å². The molecule has 3 aromatic rings. The van der Waals surface area contributed by atoms with E-state index in [0.29, 0.717) is 53.9 Å². The van der Waals surface area contributed by atoms with Crippen LogP contribution in [0, 0.1) is 11.8 Å². The summed E-state index contributed by atoms with van der Waals surface area (Å²) in [4.78, 5) is 46.0. The standard InChI is InChI=1S/C39H48N4O6/c1-7-24(4)37(46)49-38(5)14-8-9-30(39(38)19-26-15-25-11-13-36(45)47-32(25)18-33(26)48-39)29-17-34(40)42-21-27(29)16-35(44)43-22-28(20-41-6)31(43)12-10-23(2)3/h7-9,11,13,15,17-18,21,23,28,30-31,41H,10,12,14,16,19-20,22H2,1-6H3,(H2,40,42). The number of amides is 1. The Morgan fingerprint density at radius 2 is 2.04 bits per heavy atom. The number of aromatic nitrogens is 1. The van der Waals surface area contributed by atoms with Crippen LogP contribution in [0.15, 0.2) is 69.5 Å². The molecule has 5 unspecified atom stereocenters. The molecule has 2 aliphatic heterocycles. The number of allylic oxidation sites excluding steroid dienone is 1. The molecule has 0 bridgehead atoms. The number of carbonyl (C=O) groups excluding carboxylic acids is 2. The third kappa shape index (κ3) is 6.38. The van der Waals surface area contributed by atoms with Gasteiger partial charge in [0.05, 0.1) is 6.42 Å². The first-order valence-electron chi connectivity index (χ1n) is 17.3. The first-order valence-corrected chi connectivity index (χ1v) is 17.3. The lowest BCUT2D eigenvalue weighted by Crippen LogP contribution is -2.62. The fourth-order valence-corrected chi connectivity index (χ4v) is 7.82. The average Bonchev–Trinajstić information content (AvgIpc) is 3.42. The zero-order chi connectivity index (χ0) is 35.1. The number of hydrogen-bond donors (Lipinski definition) is 2. The van der Waals surface area contributed by atoms with Crippen molar-refractivity contribution in [2.24, 2.45) is 11.8 Å². The Morgan fingerprint density at radius 3 is 2.78 bits per heavy atom. The number of nitrogens with two attached hydrogens (primary N) is 1. The van der Waals surface area contributed by atoms with Gasteiger partial charge in [0, 0.05) is 73.1 Å². The van der Waals surface area contributed by atoms with Crippen LogP contribution in [0.1, 0.15) is 76.5 Å². The molecule has 1 aromatic carbocycles. The van der Waals surface area contributed by atoms with Crippen LogP contribution >= 0.6 is 0 Å². The molecule has 3 N–H and O–H groups in total. The van der Waals surface area contributed by atoms with Crippen LogP contribution in [0.25, 0.3) is 11.0 Å². The molecule has 6 rings (SSSR count). The van der Waals surface area contributed by atoms with E-state index in [-0.39, 0.29) is 18.4 Å². The van der Waals surface area contributed by atoms with Crippen LogP contribution in [0.5, 0.6) is 5.75 Å². The van der Waals surface area contributed by atoms with E-state index in [1.165, 1.54) is 6.07 Å². The molecule has 0 radical (unpaired) electrons. The van der Waals surface area contributed by atoms with E-state index >= 15 is 0 Å². The summed E-state index contributed by atoms with van der Waals surface area (Å²) in [5.41, 5.74) is 7.00. The predicted octanol–water partition coefficient (Wildman–Crippen LogP) is 5.48. The summed E-state index contributed by atoms with van der Waals surface area (Å²) in [7, 11) is 1.95. The molecule has 1 saturated heterocycles. The lowest BCUT2D eigenvalue weighted by atomic mass is 9.64. The fraction of sp³-hybridized carbons (Fsp3) is 0.487. The summed E-state index contributed by atoms with van der Waals surface area (Å²) in [5.74, 6) is 1.00. The molecule has 1 fully saturated rings. The van der Waals surface area contributed by atoms with Gasteiger partial charge in [-0.05, 0) is 81.5 Å². The summed E-state index contributed by atoms with van der Waals surface area (Å²) in [6.45, 7) is 11.5. The van der Waals surface area contributed by atoms with Crippen LogP contribution in [-0.4, -0.2) is 59.1 Å². The van der Waals surface area contributed by atoms with E-state index < -0.39 is 28.7 Å². The van der Waals surface area contributed by atoms with Crippen molar-refractivity contribution in [3.8, 4) is 5.75 Å². The van der Waals surface area contributed by atoms with Crippen molar-refractivity contribution >= 4 is 28.7 Å². The lowest BCUT2D eigenvalue weighted by molar-refractivity contribution is -0.182. The summed E-state index contributed by atoms with van der Waals surface area (Å²) >= 11 is 0. The van der Waals surface area contributed by atoms with Gasteiger partial charge in [-0.1, -0.05) is 32.1 Å². The topological polar surface area (TPSA) is 137 Å². The van der Waals surface area contributed by atoms with Crippen LogP contribution in [0.2, 0.25) is 0 Å². The largest absolute Gasteiger partial charge is 0.481 e. The third-order valence-electron chi connectivity index (χ3n) is 10.8. The minimum Gasteiger partial charge on any atom is -0.481 e. The minimum atomic E-state index is -1.13. The van der Waals surface area contributed by atoms with Gasteiger partial charge in [0.15, 0.2) is 11.2 Å². The number of fused-ring (bicyclic) bond motifs is 2. The molecule has 1 spiro atoms. The van der Waals surface area contributed by atoms with Gasteiger partial charge < -0.3 is 29.8 Å². The quantitative estimate of drug-likeness (QED) is 0.125. The zero-order valence-corrected chi connectivity index (χ0v) is 29.4. The van der Waals surface area contributed by atoms with Gasteiger partial charge in [-0.2, -0.15) is 0 Å². The minimum absolute atomic E-state index is 0.0533. The molecule has 49 heavy (non-hydrogen) atoms. The van der Waals surface area contributed by atoms with Gasteiger partial charge in [-0.15, -0.1) is 0 Å². The molecule has 10 nitrogen and oxygen atoms in total. The number of nitrogen functional groups attached to an aromatic ring is 1. The van der Waals surface area contributed by atoms with E-state index in [1.54, 1.807) is 38.3 Å². The van der Waals surface area contributed by atoms with E-state index in [0.717, 1.165) is 41.5 Å². The zero-order valence-electron chi connectivity index (χ0n) is 29.4. The molecule has 260 valence electrons. The van der Waals surface area contributed by atoms with Gasteiger partial charge in [0.25, 0.3) is 0 Å². The maximum atomic E-state index is 14.0. The Kier molecular flexibility index (Phi) is 9.46. The molecule has 3 aliphatic rings. The number of ether oxygens (including phenoxy) is 2. The molecule has 1 amide bonds. The second kappa shape index (κ2) is 13.5. The Bertz CT molecular complexity index is 1880. The highest BCUT2D eigenvalue weighted by molar-refractivity contribution is 5.88. The number of rotatable bonds is 10. The number of anilines is 1. The van der Waals surface area contributed by atoms with E-state index in [4.69, 9.17) is 19.6 Å². The predicted molar refractivity (Wildman–Crippen MR) is 189 cm³/mol. The van der Waals surface area contributed by atoms with E-state index in [2.05, 4.69) is 30.2 Å². The first kappa shape index (κ1) is 34.4. The number of nitrogens with zero attached hydrogens (tertiary/aromatic N) is 2. The molecule has 5 atom stereocenters. The highest BCUT2D eigenvalue weighted by atomic mass is 16.6. The van der Waals surface area contributed by atoms with Crippen molar-refractivity contribution in [3.63, 3.8) is 0 Å². The first-order chi connectivity index (χ1) is 23.4. The normalized spacial score (nSPS) is 26.1. The summed E-state index contributed by atoms with van der Waals surface area (Å²) in [6, 6.07) is 8.84. The van der Waals surface area contributed by atoms with Gasteiger partial charge in [-0.25, -0.2) is 14.6 Å². The van der Waals surface area contributed by atoms with Crippen molar-refractivity contribution in [2.75, 3.05) is 25.9 Å². The summed E-state index contributed by atoms with van der Waals surface area (Å²) in [6.07, 6.45) is 10.5. The molecule has 1 aliphatic carbocycles. The van der Waals surface area contributed by atoms with Crippen LogP contribution in [0.4, 0.5) is 5.82 Å². The summed E-state index contributed by atoms with van der Waals surface area (Å²) < 4.78 is 18.9. The lowest BCUT2D eigenvalue weighted by Gasteiger charge is -2.50. The average molecular weight is 669 g/mol. The molecular formula is C39H48N4O6. The SMILES string of the molecule is CC=C(C)C(=O)OC1(C)CC=CC(c2cc(N)ncc2CC(=O)N2CC(CNC)C2CCC(C)C)C12Cc1cc3ccc(=O)oc3cc1O2. The number of benzene rings is 1. The Balaban J connectivity index is 1.40. The highest BCUT2D eigenvalue weighted by Crippen LogP contribution is 2.55. The van der Waals surface area contributed by atoms with Crippen LogP contribution in [-0.2, 0) is 27.2 Å². The molecule has 4 heterocycles. The van der Waals surface area contributed by atoms with Gasteiger partial charge in [0.2, 0.25) is 5.91 Å². The summed E-state index contributed by atoms with van der Waals surface area (Å²) in [5, 5.41) is 4.06. The maximum Gasteiger partial charge on any atom is 0.336 e. The number of carbonyl (C=O) groups is 2. The fourth-order valence-electron chi connectivity index (χ4n) is 7.82. The Morgan fingerprint density at radius 1 is 1.24 bits per heavy atom. The van der Waals surface area contributed by atoms with Crippen LogP contribution in [0.3, 0.4) is 0 Å². The van der Waals surface area contributed by atoms with Crippen molar-refractivity contribution < 1.29 is 23.5 Å². The number of pyridine rings is 1. The van der Waals surface area contributed by atoms with Crippen molar-refractivity contribution in [3.05, 3.63) is 87.4 Å². The second-order valence-corrected chi connectivity index (χ2v) is 14.5. The highest BCUT2D eigenvalue weighted by Gasteiger charge is 2.62. The number of esters is 1. The monoisotopic (exact) mass is 668 g/mol. The smallest absolute Gasteiger partial charge is 0.336 e. The second-order valence-electron chi connectivity index (χ2n) is 14.5. The van der Waals surface area contributed by atoms with Gasteiger partial charge in [0.1, 0.15) is 17.2 Å². The number of likely N-dealkylation sites (tertiary alicyclic amines) is 1. The van der Waals surface area contributed by atoms with Crippen LogP contribution < -0.4 is 21.4 Å². The molecule has 2 aromatic heterocycles. The third-order valence-corrected chi connectivity index (χ3v) is 10.8. The van der Waals surface area contributed by atoms with Gasteiger partial charge in [-0.3, -0.25) is 4.79 Å². The molecule has 0 saturated carbocycles. The molecule has 10 heteroatoms. The van der Waals surface area contributed by atoms with Crippen molar-refractivity contribution in [1.82, 2.24) is 15.2 Å². The number of nitrogens with one attached hydrogen (secondary N) is 1. The Hall–Kier alpha value is -4.44. The molecular weight excluding hydrogens is 620 g/mol. The maximum absolute atomic E-state index is 14.0. The Labute approximate surface area is 287 Å². The van der Waals surface area contributed by atoms with Crippen molar-refractivity contribution in [1.29, 1.82) is 0 Å². The van der Waals surface area contributed by atoms with Gasteiger partial charge >= 0.3 is 11.6 Å². The van der Waals surface area contributed by atoms with Crippen molar-refractivity contribution in [2.45, 2.75) is 89.9 Å².